The minimum atomic E-state index is -3.64. The Morgan fingerprint density at radius 3 is 2.00 bits per heavy atom. The number of rotatable bonds is 1. The van der Waals surface area contributed by atoms with Crippen LogP contribution in [0.4, 0.5) is 0 Å². The van der Waals surface area contributed by atoms with E-state index in [0.717, 1.165) is 5.56 Å². The van der Waals surface area contributed by atoms with Crippen LogP contribution in [0.3, 0.4) is 0 Å². The summed E-state index contributed by atoms with van der Waals surface area (Å²) in [4.78, 5) is 0.203. The van der Waals surface area contributed by atoms with E-state index in [1.54, 1.807) is 12.1 Å². The minimum Gasteiger partial charge on any atom is -0.207 e. The lowest BCUT2D eigenvalue weighted by Gasteiger charge is -2.21. The van der Waals surface area contributed by atoms with E-state index in [0.29, 0.717) is 0 Å². The molecule has 0 aromatic heterocycles. The maximum absolute atomic E-state index is 11.3. The van der Waals surface area contributed by atoms with Crippen molar-refractivity contribution in [3.05, 3.63) is 29.8 Å². The maximum Gasteiger partial charge on any atom is 0.261 e. The van der Waals surface area contributed by atoms with Gasteiger partial charge in [-0.25, -0.2) is 8.42 Å². The highest BCUT2D eigenvalue weighted by atomic mass is 35.7. The molecule has 0 spiro atoms. The lowest BCUT2D eigenvalue weighted by atomic mass is 9.87. The highest BCUT2D eigenvalue weighted by molar-refractivity contribution is 8.13. The first-order chi connectivity index (χ1) is 6.23. The van der Waals surface area contributed by atoms with E-state index in [2.05, 4.69) is 0 Å². The zero-order chi connectivity index (χ0) is 11.0. The predicted octanol–water partition coefficient (Wildman–Crippen LogP) is 2.91. The molecule has 14 heavy (non-hydrogen) atoms. The number of benzene rings is 1. The Labute approximate surface area is 89.3 Å². The van der Waals surface area contributed by atoms with Gasteiger partial charge in [-0.3, -0.25) is 0 Å². The van der Waals surface area contributed by atoms with Crippen LogP contribution >= 0.6 is 10.7 Å². The van der Waals surface area contributed by atoms with Crippen LogP contribution in [0.5, 0.6) is 0 Å². The van der Waals surface area contributed by atoms with Crippen molar-refractivity contribution < 1.29 is 8.42 Å². The van der Waals surface area contributed by atoms with Crippen LogP contribution in [-0.2, 0) is 14.5 Å². The molecule has 1 rings (SSSR count). The summed E-state index contributed by atoms with van der Waals surface area (Å²) < 4.78 is 22.5. The molecule has 0 bridgehead atoms. The first kappa shape index (κ1) is 11.5. The molecular formula is C10H13ClO2S. The van der Waals surface area contributed by atoms with Crippen molar-refractivity contribution in [3.8, 4) is 0 Å². The summed E-state index contributed by atoms with van der Waals surface area (Å²) >= 11 is 0. The quantitative estimate of drug-likeness (QED) is 0.698. The van der Waals surface area contributed by atoms with Crippen molar-refractivity contribution in [2.45, 2.75) is 31.1 Å². The van der Waals surface area contributed by atoms with Crippen molar-refractivity contribution in [2.24, 2.45) is 0 Å². The summed E-state index contributed by atoms with van der Waals surface area (Å²) in [6.45, 7) is 5.86. The van der Waals surface area contributed by atoms with Gasteiger partial charge in [-0.05, 0) is 17.0 Å². The average Bonchev–Trinajstić information content (AvgIpc) is 2.01. The van der Waals surface area contributed by atoms with E-state index in [-0.39, 0.29) is 10.3 Å². The molecular weight excluding hydrogens is 220 g/mol. The van der Waals surface area contributed by atoms with Gasteiger partial charge in [-0.2, -0.15) is 0 Å². The van der Waals surface area contributed by atoms with E-state index in [1.807, 2.05) is 26.8 Å². The van der Waals surface area contributed by atoms with Crippen LogP contribution in [0.2, 0.25) is 0 Å². The minimum absolute atomic E-state index is 0.203. The summed E-state index contributed by atoms with van der Waals surface area (Å²) in [7, 11) is 1.70. The molecule has 0 heterocycles. The Hall–Kier alpha value is -0.540. The molecule has 0 aliphatic carbocycles. The molecule has 1 aromatic carbocycles. The van der Waals surface area contributed by atoms with E-state index < -0.39 is 9.05 Å². The van der Waals surface area contributed by atoms with Crippen molar-refractivity contribution in [1.82, 2.24) is 0 Å². The van der Waals surface area contributed by atoms with Gasteiger partial charge in [0.15, 0.2) is 0 Å². The topological polar surface area (TPSA) is 34.1 Å². The highest BCUT2D eigenvalue weighted by Gasteiger charge is 2.23. The van der Waals surface area contributed by atoms with Crippen LogP contribution in [0.1, 0.15) is 26.3 Å². The van der Waals surface area contributed by atoms with Crippen molar-refractivity contribution >= 4 is 19.7 Å². The second kappa shape index (κ2) is 3.55. The molecule has 0 fully saturated rings. The smallest absolute Gasteiger partial charge is 0.207 e. The van der Waals surface area contributed by atoms with Crippen LogP contribution in [0.25, 0.3) is 0 Å². The van der Waals surface area contributed by atoms with Crippen LogP contribution in [0.15, 0.2) is 29.2 Å². The summed E-state index contributed by atoms with van der Waals surface area (Å²) in [5, 5.41) is 0. The summed E-state index contributed by atoms with van der Waals surface area (Å²) in [6, 6.07) is 6.80. The summed E-state index contributed by atoms with van der Waals surface area (Å²) in [5.74, 6) is 0. The molecule has 4 heteroatoms. The standard InChI is InChI=1S/C10H13ClO2S/c1-10(2,3)8-6-4-5-7-9(8)14(11,12)13/h4-7H,1-3H3. The molecule has 0 unspecified atom stereocenters. The fourth-order valence-corrected chi connectivity index (χ4v) is 2.58. The normalized spacial score (nSPS) is 12.9. The van der Waals surface area contributed by atoms with Gasteiger partial charge in [0.1, 0.15) is 0 Å². The number of hydrogen-bond acceptors (Lipinski definition) is 2. The lowest BCUT2D eigenvalue weighted by molar-refractivity contribution is 0.566. The Morgan fingerprint density at radius 1 is 1.14 bits per heavy atom. The molecule has 1 aromatic rings. The Morgan fingerprint density at radius 2 is 1.64 bits per heavy atom. The van der Waals surface area contributed by atoms with Gasteiger partial charge in [-0.1, -0.05) is 39.0 Å². The molecule has 0 N–H and O–H groups in total. The third kappa shape index (κ3) is 2.49. The lowest BCUT2D eigenvalue weighted by Crippen LogP contribution is -2.14. The molecule has 2 nitrogen and oxygen atoms in total. The molecule has 78 valence electrons. The van der Waals surface area contributed by atoms with E-state index in [4.69, 9.17) is 10.7 Å². The van der Waals surface area contributed by atoms with Crippen LogP contribution in [-0.4, -0.2) is 8.42 Å². The van der Waals surface area contributed by atoms with Crippen molar-refractivity contribution in [1.29, 1.82) is 0 Å². The average molecular weight is 233 g/mol. The number of hydrogen-bond donors (Lipinski definition) is 0. The van der Waals surface area contributed by atoms with E-state index in [9.17, 15) is 8.42 Å². The molecule has 0 aliphatic rings. The van der Waals surface area contributed by atoms with Gasteiger partial charge in [0.05, 0.1) is 4.90 Å². The van der Waals surface area contributed by atoms with Crippen LogP contribution < -0.4 is 0 Å². The molecule has 0 amide bonds. The fourth-order valence-electron chi connectivity index (χ4n) is 1.30. The highest BCUT2D eigenvalue weighted by Crippen LogP contribution is 2.30. The molecule has 0 radical (unpaired) electrons. The first-order valence-electron chi connectivity index (χ1n) is 4.27. The second-order valence-electron chi connectivity index (χ2n) is 4.18. The summed E-state index contributed by atoms with van der Waals surface area (Å²) in [6.07, 6.45) is 0. The molecule has 0 atom stereocenters. The maximum atomic E-state index is 11.3. The van der Waals surface area contributed by atoms with Gasteiger partial charge in [-0.15, -0.1) is 0 Å². The Balaban J connectivity index is 3.47. The third-order valence-electron chi connectivity index (χ3n) is 1.96. The second-order valence-corrected chi connectivity index (χ2v) is 6.72. The zero-order valence-corrected chi connectivity index (χ0v) is 9.98. The van der Waals surface area contributed by atoms with E-state index in [1.165, 1.54) is 6.07 Å². The van der Waals surface area contributed by atoms with Gasteiger partial charge in [0.25, 0.3) is 9.05 Å². The monoisotopic (exact) mass is 232 g/mol. The predicted molar refractivity (Wildman–Crippen MR) is 58.2 cm³/mol. The third-order valence-corrected chi connectivity index (χ3v) is 3.34. The molecule has 0 saturated heterocycles. The summed E-state index contributed by atoms with van der Waals surface area (Å²) in [5.41, 5.74) is 0.522. The van der Waals surface area contributed by atoms with Gasteiger partial charge in [0, 0.05) is 10.7 Å². The fraction of sp³-hybridized carbons (Fsp3) is 0.400. The Kier molecular flexibility index (Phi) is 2.93. The largest absolute Gasteiger partial charge is 0.261 e. The van der Waals surface area contributed by atoms with Crippen molar-refractivity contribution in [3.63, 3.8) is 0 Å². The number of halogens is 1. The molecule has 0 saturated carbocycles. The zero-order valence-electron chi connectivity index (χ0n) is 8.41. The van der Waals surface area contributed by atoms with Gasteiger partial charge >= 0.3 is 0 Å². The van der Waals surface area contributed by atoms with Crippen molar-refractivity contribution in [2.75, 3.05) is 0 Å². The Bertz CT molecular complexity index is 430. The molecule has 0 aliphatic heterocycles. The van der Waals surface area contributed by atoms with Gasteiger partial charge < -0.3 is 0 Å². The first-order valence-corrected chi connectivity index (χ1v) is 6.58. The van der Waals surface area contributed by atoms with Gasteiger partial charge in [0.2, 0.25) is 0 Å². The SMILES string of the molecule is CC(C)(C)c1ccccc1S(=O)(=O)Cl. The van der Waals surface area contributed by atoms with Crippen LogP contribution in [0, 0.1) is 0 Å². The van der Waals surface area contributed by atoms with E-state index >= 15 is 0 Å².